The standard InChI is InChI=1S/C11H21N3O2/c1-10(2,8(12)15)6-14-9(16)11(3)4-5-13-7-11/h13H,4-7H2,1-3H3,(H2,12,15)(H,14,16). The van der Waals surface area contributed by atoms with Crippen molar-refractivity contribution in [3.63, 3.8) is 0 Å². The van der Waals surface area contributed by atoms with Gasteiger partial charge in [-0.2, -0.15) is 0 Å². The molecule has 4 N–H and O–H groups in total. The van der Waals surface area contributed by atoms with Crippen LogP contribution in [0.25, 0.3) is 0 Å². The van der Waals surface area contributed by atoms with Gasteiger partial charge in [-0.25, -0.2) is 0 Å². The molecule has 1 aliphatic rings. The molecule has 2 amide bonds. The number of nitrogens with one attached hydrogen (secondary N) is 2. The van der Waals surface area contributed by atoms with Crippen LogP contribution in [-0.2, 0) is 9.59 Å². The molecule has 1 heterocycles. The lowest BCUT2D eigenvalue weighted by atomic mass is 9.87. The maximum atomic E-state index is 11.9. The molecule has 1 aliphatic heterocycles. The molecule has 5 heteroatoms. The molecule has 1 fully saturated rings. The van der Waals surface area contributed by atoms with Gasteiger partial charge in [0.05, 0.1) is 10.8 Å². The van der Waals surface area contributed by atoms with Gasteiger partial charge >= 0.3 is 0 Å². The van der Waals surface area contributed by atoms with Crippen LogP contribution in [0, 0.1) is 10.8 Å². The lowest BCUT2D eigenvalue weighted by molar-refractivity contribution is -0.131. The van der Waals surface area contributed by atoms with Gasteiger partial charge in [-0.3, -0.25) is 9.59 Å². The van der Waals surface area contributed by atoms with Crippen molar-refractivity contribution in [3.05, 3.63) is 0 Å². The Morgan fingerprint density at radius 2 is 2.12 bits per heavy atom. The summed E-state index contributed by atoms with van der Waals surface area (Å²) in [7, 11) is 0. The van der Waals surface area contributed by atoms with Crippen LogP contribution in [0.15, 0.2) is 0 Å². The van der Waals surface area contributed by atoms with Crippen LogP contribution >= 0.6 is 0 Å². The molecule has 0 aromatic heterocycles. The van der Waals surface area contributed by atoms with Gasteiger partial charge in [0, 0.05) is 13.1 Å². The number of amides is 2. The minimum Gasteiger partial charge on any atom is -0.369 e. The molecule has 92 valence electrons. The van der Waals surface area contributed by atoms with Crippen LogP contribution in [0.3, 0.4) is 0 Å². The first kappa shape index (κ1) is 13.0. The van der Waals surface area contributed by atoms with E-state index in [0.717, 1.165) is 13.0 Å². The highest BCUT2D eigenvalue weighted by Gasteiger charge is 2.37. The summed E-state index contributed by atoms with van der Waals surface area (Å²) in [6.07, 6.45) is 0.829. The predicted molar refractivity (Wildman–Crippen MR) is 61.6 cm³/mol. The van der Waals surface area contributed by atoms with E-state index >= 15 is 0 Å². The first-order valence-corrected chi connectivity index (χ1v) is 5.57. The Labute approximate surface area is 96.1 Å². The molecule has 0 aromatic rings. The molecule has 0 aromatic carbocycles. The summed E-state index contributed by atoms with van der Waals surface area (Å²) in [5.41, 5.74) is 4.19. The molecule has 16 heavy (non-hydrogen) atoms. The second-order valence-corrected chi connectivity index (χ2v) is 5.42. The van der Waals surface area contributed by atoms with Gasteiger partial charge in [0.25, 0.3) is 0 Å². The summed E-state index contributed by atoms with van der Waals surface area (Å²) < 4.78 is 0. The average molecular weight is 227 g/mol. The molecule has 5 nitrogen and oxygen atoms in total. The fourth-order valence-corrected chi connectivity index (χ4v) is 1.61. The first-order chi connectivity index (χ1) is 7.28. The van der Waals surface area contributed by atoms with Crippen LogP contribution in [0.2, 0.25) is 0 Å². The summed E-state index contributed by atoms with van der Waals surface area (Å²) in [6.45, 7) is 7.23. The number of primary amides is 1. The van der Waals surface area contributed by atoms with E-state index in [2.05, 4.69) is 10.6 Å². The van der Waals surface area contributed by atoms with E-state index in [0.29, 0.717) is 6.54 Å². The average Bonchev–Trinajstić information content (AvgIpc) is 2.62. The van der Waals surface area contributed by atoms with Gasteiger partial charge in [-0.1, -0.05) is 0 Å². The zero-order valence-electron chi connectivity index (χ0n) is 10.2. The zero-order valence-corrected chi connectivity index (χ0v) is 10.2. The maximum absolute atomic E-state index is 11.9. The van der Waals surface area contributed by atoms with Crippen molar-refractivity contribution in [3.8, 4) is 0 Å². The van der Waals surface area contributed by atoms with E-state index in [1.165, 1.54) is 0 Å². The van der Waals surface area contributed by atoms with Gasteiger partial charge in [0.1, 0.15) is 0 Å². The SMILES string of the molecule is CC(C)(CNC(=O)C1(C)CCNC1)C(N)=O. The van der Waals surface area contributed by atoms with Crippen LogP contribution < -0.4 is 16.4 Å². The summed E-state index contributed by atoms with van der Waals surface area (Å²) >= 11 is 0. The van der Waals surface area contributed by atoms with Crippen LogP contribution in [0.4, 0.5) is 0 Å². The highest BCUT2D eigenvalue weighted by atomic mass is 16.2. The third-order valence-electron chi connectivity index (χ3n) is 3.27. The van der Waals surface area contributed by atoms with Crippen molar-refractivity contribution in [1.29, 1.82) is 0 Å². The number of rotatable bonds is 4. The van der Waals surface area contributed by atoms with Crippen LogP contribution in [0.1, 0.15) is 27.2 Å². The highest BCUT2D eigenvalue weighted by molar-refractivity contribution is 5.85. The van der Waals surface area contributed by atoms with Gasteiger partial charge in [-0.05, 0) is 33.7 Å². The summed E-state index contributed by atoms with van der Waals surface area (Å²) in [6, 6.07) is 0. The van der Waals surface area contributed by atoms with E-state index in [1.807, 2.05) is 6.92 Å². The fraction of sp³-hybridized carbons (Fsp3) is 0.818. The molecule has 1 saturated heterocycles. The van der Waals surface area contributed by atoms with Crippen molar-refractivity contribution in [1.82, 2.24) is 10.6 Å². The molecule has 0 saturated carbocycles. The third kappa shape index (κ3) is 2.72. The van der Waals surface area contributed by atoms with E-state index in [9.17, 15) is 9.59 Å². The number of carbonyl (C=O) groups excluding carboxylic acids is 2. The largest absolute Gasteiger partial charge is 0.369 e. The maximum Gasteiger partial charge on any atom is 0.227 e. The van der Waals surface area contributed by atoms with Crippen molar-refractivity contribution in [2.45, 2.75) is 27.2 Å². The van der Waals surface area contributed by atoms with Crippen molar-refractivity contribution in [2.75, 3.05) is 19.6 Å². The van der Waals surface area contributed by atoms with E-state index < -0.39 is 11.3 Å². The molecule has 0 spiro atoms. The summed E-state index contributed by atoms with van der Waals surface area (Å²) in [5, 5.41) is 5.97. The molecular formula is C11H21N3O2. The minimum absolute atomic E-state index is 0.00757. The molecular weight excluding hydrogens is 206 g/mol. The number of nitrogens with two attached hydrogens (primary N) is 1. The Morgan fingerprint density at radius 3 is 2.56 bits per heavy atom. The van der Waals surface area contributed by atoms with Gasteiger partial charge in [0.15, 0.2) is 0 Å². The molecule has 0 aliphatic carbocycles. The van der Waals surface area contributed by atoms with Crippen molar-refractivity contribution >= 4 is 11.8 Å². The smallest absolute Gasteiger partial charge is 0.227 e. The molecule has 0 bridgehead atoms. The Hall–Kier alpha value is -1.10. The zero-order chi connectivity index (χ0) is 12.4. The number of carbonyl (C=O) groups is 2. The van der Waals surface area contributed by atoms with Crippen LogP contribution in [0.5, 0.6) is 0 Å². The van der Waals surface area contributed by atoms with E-state index in [-0.39, 0.29) is 17.9 Å². The quantitative estimate of drug-likeness (QED) is 0.612. The predicted octanol–water partition coefficient (Wildman–Crippen LogP) is -0.386. The number of hydrogen-bond acceptors (Lipinski definition) is 3. The Kier molecular flexibility index (Phi) is 3.57. The molecule has 1 unspecified atom stereocenters. The Morgan fingerprint density at radius 1 is 1.50 bits per heavy atom. The van der Waals surface area contributed by atoms with Crippen molar-refractivity contribution in [2.24, 2.45) is 16.6 Å². The first-order valence-electron chi connectivity index (χ1n) is 5.57. The Balaban J connectivity index is 2.50. The van der Waals surface area contributed by atoms with Crippen molar-refractivity contribution < 1.29 is 9.59 Å². The highest BCUT2D eigenvalue weighted by Crippen LogP contribution is 2.25. The lowest BCUT2D eigenvalue weighted by Gasteiger charge is -2.26. The Bertz CT molecular complexity index is 294. The molecule has 1 atom stereocenters. The lowest BCUT2D eigenvalue weighted by Crippen LogP contribution is -2.47. The summed E-state index contributed by atoms with van der Waals surface area (Å²) in [5.74, 6) is -0.408. The second-order valence-electron chi connectivity index (χ2n) is 5.42. The second kappa shape index (κ2) is 4.41. The molecule has 1 rings (SSSR count). The summed E-state index contributed by atoms with van der Waals surface area (Å²) in [4.78, 5) is 23.0. The number of hydrogen-bond donors (Lipinski definition) is 3. The van der Waals surface area contributed by atoms with Crippen LogP contribution in [-0.4, -0.2) is 31.4 Å². The van der Waals surface area contributed by atoms with Gasteiger partial charge < -0.3 is 16.4 Å². The molecule has 0 radical (unpaired) electrons. The normalized spacial score (nSPS) is 25.4. The van der Waals surface area contributed by atoms with E-state index in [1.54, 1.807) is 13.8 Å². The topological polar surface area (TPSA) is 84.2 Å². The fourth-order valence-electron chi connectivity index (χ4n) is 1.61. The van der Waals surface area contributed by atoms with Gasteiger partial charge in [0.2, 0.25) is 11.8 Å². The third-order valence-corrected chi connectivity index (χ3v) is 3.27. The van der Waals surface area contributed by atoms with Gasteiger partial charge in [-0.15, -0.1) is 0 Å². The van der Waals surface area contributed by atoms with E-state index in [4.69, 9.17) is 5.73 Å². The minimum atomic E-state index is -0.696. The monoisotopic (exact) mass is 227 g/mol.